The molecule has 0 unspecified atom stereocenters. The van der Waals surface area contributed by atoms with Gasteiger partial charge in [-0.15, -0.1) is 0 Å². The number of hydrogen-bond donors (Lipinski definition) is 1. The molecule has 0 aliphatic rings. The van der Waals surface area contributed by atoms with E-state index in [1.165, 1.54) is 12.1 Å². The highest BCUT2D eigenvalue weighted by Crippen LogP contribution is 2.23. The van der Waals surface area contributed by atoms with Crippen molar-refractivity contribution in [2.45, 2.75) is 26.7 Å². The number of anilines is 1. The highest BCUT2D eigenvalue weighted by Gasteiger charge is 2.11. The summed E-state index contributed by atoms with van der Waals surface area (Å²) >= 11 is 0. The Morgan fingerprint density at radius 2 is 1.70 bits per heavy atom. The first-order valence-electron chi connectivity index (χ1n) is 6.59. The number of benzene rings is 1. The Kier molecular flexibility index (Phi) is 4.27. The van der Waals surface area contributed by atoms with Crippen molar-refractivity contribution in [3.63, 3.8) is 0 Å². The monoisotopic (exact) mass is 277 g/mol. The van der Waals surface area contributed by atoms with Gasteiger partial charge in [0.1, 0.15) is 17.5 Å². The SMILES string of the molecule is CCNc1cc(C(C)C)nc(-c2cc(F)cc(F)c2)n1. The smallest absolute Gasteiger partial charge is 0.161 e. The molecule has 1 aromatic carbocycles. The van der Waals surface area contributed by atoms with Crippen LogP contribution in [0, 0.1) is 11.6 Å². The van der Waals surface area contributed by atoms with E-state index in [1.54, 1.807) is 0 Å². The van der Waals surface area contributed by atoms with Crippen LogP contribution in [0.2, 0.25) is 0 Å². The molecule has 3 nitrogen and oxygen atoms in total. The lowest BCUT2D eigenvalue weighted by atomic mass is 10.1. The molecule has 1 heterocycles. The first kappa shape index (κ1) is 14.4. The fourth-order valence-electron chi connectivity index (χ4n) is 1.85. The molecule has 0 saturated carbocycles. The Bertz CT molecular complexity index is 592. The zero-order valence-electron chi connectivity index (χ0n) is 11.7. The fraction of sp³-hybridized carbons (Fsp3) is 0.333. The van der Waals surface area contributed by atoms with Crippen molar-refractivity contribution in [3.05, 3.63) is 41.6 Å². The molecule has 0 aliphatic carbocycles. The molecule has 2 rings (SSSR count). The normalized spacial score (nSPS) is 10.9. The lowest BCUT2D eigenvalue weighted by molar-refractivity contribution is 0.584. The Balaban J connectivity index is 2.54. The summed E-state index contributed by atoms with van der Waals surface area (Å²) < 4.78 is 26.6. The molecule has 2 aromatic rings. The predicted molar refractivity (Wildman–Crippen MR) is 75.6 cm³/mol. The second-order valence-corrected chi connectivity index (χ2v) is 4.84. The van der Waals surface area contributed by atoms with Gasteiger partial charge in [-0.25, -0.2) is 18.7 Å². The third kappa shape index (κ3) is 3.29. The maximum absolute atomic E-state index is 13.3. The first-order valence-corrected chi connectivity index (χ1v) is 6.59. The zero-order valence-corrected chi connectivity index (χ0v) is 11.7. The van der Waals surface area contributed by atoms with E-state index in [0.717, 1.165) is 11.8 Å². The van der Waals surface area contributed by atoms with Gasteiger partial charge < -0.3 is 5.32 Å². The summed E-state index contributed by atoms with van der Waals surface area (Å²) in [5.74, 6) is -0.0870. The summed E-state index contributed by atoms with van der Waals surface area (Å²) in [5.41, 5.74) is 1.17. The molecule has 5 heteroatoms. The summed E-state index contributed by atoms with van der Waals surface area (Å²) in [5, 5.41) is 3.10. The molecule has 1 aromatic heterocycles. The van der Waals surface area contributed by atoms with E-state index < -0.39 is 11.6 Å². The van der Waals surface area contributed by atoms with Crippen LogP contribution < -0.4 is 5.32 Å². The van der Waals surface area contributed by atoms with E-state index in [4.69, 9.17) is 0 Å². The highest BCUT2D eigenvalue weighted by atomic mass is 19.1. The summed E-state index contributed by atoms with van der Waals surface area (Å²) in [7, 11) is 0. The Morgan fingerprint density at radius 3 is 2.25 bits per heavy atom. The van der Waals surface area contributed by atoms with Gasteiger partial charge in [-0.05, 0) is 25.0 Å². The maximum atomic E-state index is 13.3. The van der Waals surface area contributed by atoms with Crippen LogP contribution in [0.15, 0.2) is 24.3 Å². The van der Waals surface area contributed by atoms with Crippen molar-refractivity contribution < 1.29 is 8.78 Å². The molecule has 0 fully saturated rings. The van der Waals surface area contributed by atoms with Crippen molar-refractivity contribution in [1.29, 1.82) is 0 Å². The Hall–Kier alpha value is -2.04. The molecule has 0 saturated heterocycles. The topological polar surface area (TPSA) is 37.8 Å². The molecule has 1 N–H and O–H groups in total. The molecule has 0 atom stereocenters. The van der Waals surface area contributed by atoms with Crippen molar-refractivity contribution in [3.8, 4) is 11.4 Å². The first-order chi connectivity index (χ1) is 9.49. The maximum Gasteiger partial charge on any atom is 0.161 e. The summed E-state index contributed by atoms with van der Waals surface area (Å²) in [6.45, 7) is 6.69. The van der Waals surface area contributed by atoms with Crippen molar-refractivity contribution in [2.75, 3.05) is 11.9 Å². The summed E-state index contributed by atoms with van der Waals surface area (Å²) in [4.78, 5) is 8.69. The second-order valence-electron chi connectivity index (χ2n) is 4.84. The van der Waals surface area contributed by atoms with Crippen LogP contribution in [-0.4, -0.2) is 16.5 Å². The van der Waals surface area contributed by atoms with Gasteiger partial charge in [-0.2, -0.15) is 0 Å². The minimum absolute atomic E-state index is 0.201. The van der Waals surface area contributed by atoms with Gasteiger partial charge in [0.15, 0.2) is 5.82 Å². The number of nitrogens with zero attached hydrogens (tertiary/aromatic N) is 2. The largest absolute Gasteiger partial charge is 0.370 e. The van der Waals surface area contributed by atoms with Crippen molar-refractivity contribution >= 4 is 5.82 Å². The lowest BCUT2D eigenvalue weighted by Crippen LogP contribution is -2.05. The molecular weight excluding hydrogens is 260 g/mol. The molecule has 0 amide bonds. The van der Waals surface area contributed by atoms with Crippen molar-refractivity contribution in [2.24, 2.45) is 0 Å². The second kappa shape index (κ2) is 5.94. The van der Waals surface area contributed by atoms with Crippen LogP contribution >= 0.6 is 0 Å². The van der Waals surface area contributed by atoms with E-state index in [9.17, 15) is 8.78 Å². The van der Waals surface area contributed by atoms with E-state index in [-0.39, 0.29) is 5.92 Å². The zero-order chi connectivity index (χ0) is 14.7. The van der Waals surface area contributed by atoms with Gasteiger partial charge in [0.2, 0.25) is 0 Å². The van der Waals surface area contributed by atoms with E-state index in [0.29, 0.717) is 23.8 Å². The van der Waals surface area contributed by atoms with Gasteiger partial charge in [-0.3, -0.25) is 0 Å². The molecule has 0 radical (unpaired) electrons. The number of rotatable bonds is 4. The number of nitrogens with one attached hydrogen (secondary N) is 1. The quantitative estimate of drug-likeness (QED) is 0.918. The average Bonchev–Trinajstić information content (AvgIpc) is 2.37. The number of aromatic nitrogens is 2. The average molecular weight is 277 g/mol. The molecule has 0 bridgehead atoms. The van der Waals surface area contributed by atoms with E-state index in [1.807, 2.05) is 26.8 Å². The minimum atomic E-state index is -0.636. The van der Waals surface area contributed by atoms with Gasteiger partial charge in [0.25, 0.3) is 0 Å². The van der Waals surface area contributed by atoms with Gasteiger partial charge in [0, 0.05) is 29.9 Å². The molecular formula is C15H17F2N3. The molecule has 0 aliphatic heterocycles. The standard InChI is InChI=1S/C15H17F2N3/c1-4-18-14-8-13(9(2)3)19-15(20-14)10-5-11(16)7-12(17)6-10/h5-9H,4H2,1-3H3,(H,18,19,20). The van der Waals surface area contributed by atoms with Crippen LogP contribution in [0.25, 0.3) is 11.4 Å². The Morgan fingerprint density at radius 1 is 1.05 bits per heavy atom. The fourth-order valence-corrected chi connectivity index (χ4v) is 1.85. The lowest BCUT2D eigenvalue weighted by Gasteiger charge is -2.11. The third-order valence-electron chi connectivity index (χ3n) is 2.82. The third-order valence-corrected chi connectivity index (χ3v) is 2.82. The van der Waals surface area contributed by atoms with Crippen LogP contribution in [-0.2, 0) is 0 Å². The minimum Gasteiger partial charge on any atom is -0.370 e. The van der Waals surface area contributed by atoms with E-state index in [2.05, 4.69) is 15.3 Å². The molecule has 106 valence electrons. The van der Waals surface area contributed by atoms with Crippen LogP contribution in [0.5, 0.6) is 0 Å². The highest BCUT2D eigenvalue weighted by molar-refractivity contribution is 5.58. The van der Waals surface area contributed by atoms with Gasteiger partial charge >= 0.3 is 0 Å². The number of halogens is 2. The summed E-state index contributed by atoms with van der Waals surface area (Å²) in [6.07, 6.45) is 0. The van der Waals surface area contributed by atoms with Crippen LogP contribution in [0.4, 0.5) is 14.6 Å². The number of hydrogen-bond acceptors (Lipinski definition) is 3. The van der Waals surface area contributed by atoms with Gasteiger partial charge in [0.05, 0.1) is 0 Å². The van der Waals surface area contributed by atoms with E-state index >= 15 is 0 Å². The Labute approximate surface area is 117 Å². The van der Waals surface area contributed by atoms with Gasteiger partial charge in [-0.1, -0.05) is 13.8 Å². The molecule has 0 spiro atoms. The van der Waals surface area contributed by atoms with Crippen molar-refractivity contribution in [1.82, 2.24) is 9.97 Å². The summed E-state index contributed by atoms with van der Waals surface area (Å²) in [6, 6.07) is 5.16. The molecule has 20 heavy (non-hydrogen) atoms. The van der Waals surface area contributed by atoms with Crippen LogP contribution in [0.1, 0.15) is 32.4 Å². The predicted octanol–water partition coefficient (Wildman–Crippen LogP) is 3.98. The van der Waals surface area contributed by atoms with Crippen LogP contribution in [0.3, 0.4) is 0 Å².